The van der Waals surface area contributed by atoms with Crippen LogP contribution in [0.15, 0.2) is 24.3 Å². The van der Waals surface area contributed by atoms with E-state index in [2.05, 4.69) is 31.9 Å². The fourth-order valence-electron chi connectivity index (χ4n) is 5.49. The summed E-state index contributed by atoms with van der Waals surface area (Å²) in [6.45, 7) is 5.36. The summed E-state index contributed by atoms with van der Waals surface area (Å²) in [6, 6.07) is 6.01. The fourth-order valence-corrected chi connectivity index (χ4v) is 7.36. The van der Waals surface area contributed by atoms with Crippen molar-refractivity contribution in [2.24, 2.45) is 29.6 Å². The van der Waals surface area contributed by atoms with E-state index in [1.165, 1.54) is 0 Å². The molecule has 1 heterocycles. The molecule has 3 fully saturated rings. The van der Waals surface area contributed by atoms with E-state index in [9.17, 15) is 19.2 Å². The Morgan fingerprint density at radius 2 is 1.56 bits per heavy atom. The number of amides is 2. The monoisotopic (exact) mass is 567 g/mol. The highest BCUT2D eigenvalue weighted by atomic mass is 79.9. The minimum atomic E-state index is -1.01. The molecule has 7 unspecified atom stereocenters. The molecule has 1 saturated heterocycles. The molecule has 7 atom stereocenters. The number of esters is 1. The Labute approximate surface area is 204 Å². The van der Waals surface area contributed by atoms with Gasteiger partial charge in [-0.2, -0.15) is 0 Å². The number of fused-ring (bicyclic) bond motifs is 5. The molecule has 2 aliphatic carbocycles. The van der Waals surface area contributed by atoms with E-state index >= 15 is 0 Å². The van der Waals surface area contributed by atoms with Gasteiger partial charge in [0.25, 0.3) is 0 Å². The van der Waals surface area contributed by atoms with Crippen LogP contribution < -0.4 is 0 Å². The molecular formula is C24H27Br2NO5. The van der Waals surface area contributed by atoms with Crippen LogP contribution in [0.5, 0.6) is 0 Å². The van der Waals surface area contributed by atoms with Crippen molar-refractivity contribution < 1.29 is 23.9 Å². The zero-order valence-electron chi connectivity index (χ0n) is 18.3. The van der Waals surface area contributed by atoms with E-state index < -0.39 is 18.6 Å². The summed E-state index contributed by atoms with van der Waals surface area (Å²) in [5.41, 5.74) is 1.48. The molecule has 1 aliphatic heterocycles. The maximum absolute atomic E-state index is 13.4. The lowest BCUT2D eigenvalue weighted by molar-refractivity contribution is -0.159. The smallest absolute Gasteiger partial charge is 0.329 e. The summed E-state index contributed by atoms with van der Waals surface area (Å²) >= 11 is 7.36. The quantitative estimate of drug-likeness (QED) is 0.216. The van der Waals surface area contributed by atoms with Crippen LogP contribution in [-0.2, 0) is 19.1 Å². The number of aryl methyl sites for hydroxylation is 1. The highest BCUT2D eigenvalue weighted by Crippen LogP contribution is 2.60. The molecule has 6 nitrogen and oxygen atoms in total. The second-order valence-electron chi connectivity index (χ2n) is 9.59. The zero-order chi connectivity index (χ0) is 23.3. The standard InChI is InChI=1S/C24H27Br2NO5/c1-11(2)8-16(24(31)32-10-17(28)13-6-4-12(3)5-7-13)27-22(29)18-14-9-15(19(18)23(27)30)21(26)20(14)25/h4-7,11,14-16,18-21H,8-10H2,1-3H3. The van der Waals surface area contributed by atoms with Gasteiger partial charge in [0.05, 0.1) is 11.8 Å². The Hall–Kier alpha value is -1.54. The molecule has 1 aromatic rings. The number of ether oxygens (including phenoxy) is 1. The number of carbonyl (C=O) groups is 4. The van der Waals surface area contributed by atoms with Crippen molar-refractivity contribution in [3.63, 3.8) is 0 Å². The SMILES string of the molecule is Cc1ccc(C(=O)COC(=O)C(CC(C)C)N2C(=O)C3C4CC(C(Br)C4Br)C3C2=O)cc1. The molecule has 3 aliphatic rings. The third-order valence-corrected chi connectivity index (χ3v) is 10.2. The molecule has 0 radical (unpaired) electrons. The Morgan fingerprint density at radius 1 is 1.03 bits per heavy atom. The normalized spacial score (nSPS) is 31.9. The first-order chi connectivity index (χ1) is 15.1. The van der Waals surface area contributed by atoms with Gasteiger partial charge in [-0.25, -0.2) is 4.79 Å². The number of benzene rings is 1. The second-order valence-corrected chi connectivity index (χ2v) is 11.7. The molecule has 1 aromatic carbocycles. The van der Waals surface area contributed by atoms with Crippen molar-refractivity contribution in [3.05, 3.63) is 35.4 Å². The average molecular weight is 569 g/mol. The number of imide groups is 1. The molecule has 4 rings (SSSR count). The Morgan fingerprint density at radius 3 is 2.06 bits per heavy atom. The van der Waals surface area contributed by atoms with Crippen LogP contribution in [-0.4, -0.2) is 50.8 Å². The van der Waals surface area contributed by atoms with Crippen molar-refractivity contribution in [1.82, 2.24) is 4.90 Å². The van der Waals surface area contributed by atoms with Crippen LogP contribution in [0, 0.1) is 36.5 Å². The van der Waals surface area contributed by atoms with Crippen molar-refractivity contribution in [1.29, 1.82) is 0 Å². The number of hydrogen-bond donors (Lipinski definition) is 0. The van der Waals surface area contributed by atoms with Crippen LogP contribution in [0.25, 0.3) is 0 Å². The summed E-state index contributed by atoms with van der Waals surface area (Å²) < 4.78 is 5.34. The lowest BCUT2D eigenvalue weighted by Gasteiger charge is -2.28. The van der Waals surface area contributed by atoms with Crippen LogP contribution in [0.2, 0.25) is 0 Å². The first-order valence-electron chi connectivity index (χ1n) is 11.0. The van der Waals surface area contributed by atoms with Crippen LogP contribution >= 0.6 is 31.9 Å². The Balaban J connectivity index is 1.50. The van der Waals surface area contributed by atoms with Crippen molar-refractivity contribution in [2.75, 3.05) is 6.61 Å². The molecule has 2 amide bonds. The molecular weight excluding hydrogens is 542 g/mol. The van der Waals surface area contributed by atoms with E-state index in [0.29, 0.717) is 12.0 Å². The molecule has 32 heavy (non-hydrogen) atoms. The van der Waals surface area contributed by atoms with Gasteiger partial charge in [0.1, 0.15) is 6.04 Å². The van der Waals surface area contributed by atoms with Gasteiger partial charge < -0.3 is 4.74 Å². The maximum Gasteiger partial charge on any atom is 0.329 e. The highest BCUT2D eigenvalue weighted by Gasteiger charge is 2.67. The summed E-state index contributed by atoms with van der Waals surface area (Å²) in [6.07, 6.45) is 1.14. The fraction of sp³-hybridized carbons (Fsp3) is 0.583. The van der Waals surface area contributed by atoms with Gasteiger partial charge in [0, 0.05) is 15.2 Å². The highest BCUT2D eigenvalue weighted by molar-refractivity contribution is 9.12. The maximum atomic E-state index is 13.4. The van der Waals surface area contributed by atoms with E-state index in [1.54, 1.807) is 12.1 Å². The van der Waals surface area contributed by atoms with Crippen molar-refractivity contribution in [2.45, 2.75) is 49.3 Å². The lowest BCUT2D eigenvalue weighted by Crippen LogP contribution is -2.48. The third kappa shape index (κ3) is 3.98. The van der Waals surface area contributed by atoms with Crippen LogP contribution in [0.4, 0.5) is 0 Å². The van der Waals surface area contributed by atoms with Crippen LogP contribution in [0.3, 0.4) is 0 Å². The van der Waals surface area contributed by atoms with E-state index in [0.717, 1.165) is 16.9 Å². The predicted molar refractivity (Wildman–Crippen MR) is 126 cm³/mol. The summed E-state index contributed by atoms with van der Waals surface area (Å²) in [5, 5.41) is 0. The van der Waals surface area contributed by atoms with Gasteiger partial charge in [-0.15, -0.1) is 0 Å². The summed E-state index contributed by atoms with van der Waals surface area (Å²) in [5.74, 6) is -2.12. The first kappa shape index (κ1) is 23.6. The van der Waals surface area contributed by atoms with Gasteiger partial charge >= 0.3 is 5.97 Å². The molecule has 0 aromatic heterocycles. The number of hydrogen-bond acceptors (Lipinski definition) is 5. The van der Waals surface area contributed by atoms with Gasteiger partial charge in [-0.1, -0.05) is 75.5 Å². The number of ketones is 1. The molecule has 0 N–H and O–H groups in total. The number of likely N-dealkylation sites (tertiary alicyclic amines) is 1. The molecule has 2 saturated carbocycles. The average Bonchev–Trinajstić information content (AvgIpc) is 3.35. The number of halogens is 2. The van der Waals surface area contributed by atoms with E-state index in [4.69, 9.17) is 4.74 Å². The van der Waals surface area contributed by atoms with Crippen molar-refractivity contribution >= 4 is 55.4 Å². The molecule has 0 spiro atoms. The number of Topliss-reactive ketones (excluding diaryl/α,β-unsaturated/α-hetero) is 1. The second kappa shape index (κ2) is 9.01. The van der Waals surface area contributed by atoms with E-state index in [1.807, 2.05) is 32.9 Å². The van der Waals surface area contributed by atoms with Gasteiger partial charge in [0.2, 0.25) is 11.8 Å². The molecule has 2 bridgehead atoms. The van der Waals surface area contributed by atoms with Gasteiger partial charge in [-0.3, -0.25) is 19.3 Å². The van der Waals surface area contributed by atoms with Gasteiger partial charge in [-0.05, 0) is 37.5 Å². The number of nitrogens with zero attached hydrogens (tertiary/aromatic N) is 1. The molecule has 172 valence electrons. The van der Waals surface area contributed by atoms with Gasteiger partial charge in [0.15, 0.2) is 12.4 Å². The minimum absolute atomic E-state index is 0.0611. The first-order valence-corrected chi connectivity index (χ1v) is 12.9. The lowest BCUT2D eigenvalue weighted by atomic mass is 9.81. The minimum Gasteiger partial charge on any atom is -0.456 e. The number of rotatable bonds is 7. The van der Waals surface area contributed by atoms with Crippen LogP contribution in [0.1, 0.15) is 42.6 Å². The summed E-state index contributed by atoms with van der Waals surface area (Å²) in [4.78, 5) is 53.6. The zero-order valence-corrected chi connectivity index (χ0v) is 21.5. The predicted octanol–water partition coefficient (Wildman–Crippen LogP) is 3.91. The third-order valence-electron chi connectivity index (χ3n) is 7.02. The Bertz CT molecular complexity index is 914. The van der Waals surface area contributed by atoms with Crippen molar-refractivity contribution in [3.8, 4) is 0 Å². The largest absolute Gasteiger partial charge is 0.456 e. The summed E-state index contributed by atoms with van der Waals surface area (Å²) in [7, 11) is 0. The number of alkyl halides is 2. The Kier molecular flexibility index (Phi) is 6.65. The molecule has 8 heteroatoms. The number of carbonyl (C=O) groups excluding carboxylic acids is 4. The topological polar surface area (TPSA) is 80.8 Å². The van der Waals surface area contributed by atoms with E-state index in [-0.39, 0.29) is 56.8 Å².